The summed E-state index contributed by atoms with van der Waals surface area (Å²) in [4.78, 5) is 21.5. The average Bonchev–Trinajstić information content (AvgIpc) is 2.74. The zero-order valence-corrected chi connectivity index (χ0v) is 8.01. The second kappa shape index (κ2) is 3.36. The van der Waals surface area contributed by atoms with E-state index in [9.17, 15) is 9.59 Å². The largest absolute Gasteiger partial charge is 0.303 e. The maximum atomic E-state index is 10.8. The van der Waals surface area contributed by atoms with Crippen molar-refractivity contribution in [3.05, 3.63) is 17.5 Å². The topological polar surface area (TPSA) is 52.0 Å². The lowest BCUT2D eigenvalue weighted by Crippen LogP contribution is -2.02. The molecule has 0 bridgehead atoms. The molecule has 0 aliphatic heterocycles. The Morgan fingerprint density at radius 1 is 1.50 bits per heavy atom. The van der Waals surface area contributed by atoms with Gasteiger partial charge in [-0.15, -0.1) is 0 Å². The molecular formula is C10H12N2O2. The van der Waals surface area contributed by atoms with Gasteiger partial charge in [0.25, 0.3) is 0 Å². The molecule has 4 heteroatoms. The van der Waals surface area contributed by atoms with E-state index in [1.807, 2.05) is 13.1 Å². The van der Waals surface area contributed by atoms with Gasteiger partial charge in [0.05, 0.1) is 11.6 Å². The van der Waals surface area contributed by atoms with Gasteiger partial charge in [0.15, 0.2) is 0 Å². The Kier molecular flexibility index (Phi) is 2.19. The molecule has 2 atom stereocenters. The van der Waals surface area contributed by atoms with Crippen LogP contribution in [0.5, 0.6) is 0 Å². The first kappa shape index (κ1) is 9.12. The number of hydrogen-bond acceptors (Lipinski definition) is 3. The summed E-state index contributed by atoms with van der Waals surface area (Å²) < 4.78 is 1.77. The lowest BCUT2D eigenvalue weighted by Gasteiger charge is -2.01. The molecule has 1 aromatic heterocycles. The van der Waals surface area contributed by atoms with Crippen molar-refractivity contribution in [1.82, 2.24) is 9.78 Å². The Balaban J connectivity index is 2.43. The first-order valence-electron chi connectivity index (χ1n) is 4.78. The van der Waals surface area contributed by atoms with Gasteiger partial charge in [-0.05, 0) is 13.3 Å². The van der Waals surface area contributed by atoms with Gasteiger partial charge in [-0.3, -0.25) is 4.68 Å². The fourth-order valence-corrected chi connectivity index (χ4v) is 1.95. The Bertz CT molecular complexity index is 339. The quantitative estimate of drug-likeness (QED) is 0.668. The van der Waals surface area contributed by atoms with Crippen molar-refractivity contribution in [2.75, 3.05) is 0 Å². The molecule has 0 spiro atoms. The zero-order chi connectivity index (χ0) is 10.1. The van der Waals surface area contributed by atoms with E-state index >= 15 is 0 Å². The Hall–Kier alpha value is -1.45. The molecule has 0 saturated heterocycles. The minimum Gasteiger partial charge on any atom is -0.303 e. The van der Waals surface area contributed by atoms with Gasteiger partial charge >= 0.3 is 0 Å². The molecule has 0 unspecified atom stereocenters. The van der Waals surface area contributed by atoms with Gasteiger partial charge in [0.2, 0.25) is 0 Å². The molecule has 1 aromatic rings. The smallest absolute Gasteiger partial charge is 0.129 e. The van der Waals surface area contributed by atoms with Crippen LogP contribution in [0, 0.1) is 0 Å². The molecule has 0 fully saturated rings. The number of hydrogen-bond donors (Lipinski definition) is 0. The standard InChI is InChI=1S/C10H12N2O2/c1-2-12-4-9-7(5-13)3-8(6-14)10(9)11-12/h4-8H,2-3H2,1H3/t7-,8+/m1/s1. The zero-order valence-electron chi connectivity index (χ0n) is 8.01. The lowest BCUT2D eigenvalue weighted by atomic mass is 10.0. The van der Waals surface area contributed by atoms with Crippen LogP contribution in [-0.2, 0) is 16.1 Å². The number of aryl methyl sites for hydroxylation is 1. The Morgan fingerprint density at radius 2 is 2.21 bits per heavy atom. The predicted molar refractivity (Wildman–Crippen MR) is 50.1 cm³/mol. The molecule has 4 nitrogen and oxygen atoms in total. The van der Waals surface area contributed by atoms with E-state index in [2.05, 4.69) is 5.10 Å². The van der Waals surface area contributed by atoms with Crippen molar-refractivity contribution in [2.24, 2.45) is 0 Å². The van der Waals surface area contributed by atoms with Crippen LogP contribution in [0.1, 0.15) is 36.4 Å². The van der Waals surface area contributed by atoms with Crippen molar-refractivity contribution in [1.29, 1.82) is 0 Å². The molecule has 1 aliphatic rings. The van der Waals surface area contributed by atoms with Crippen LogP contribution in [0.2, 0.25) is 0 Å². The number of rotatable bonds is 3. The van der Waals surface area contributed by atoms with Crippen molar-refractivity contribution in [3.63, 3.8) is 0 Å². The summed E-state index contributed by atoms with van der Waals surface area (Å²) in [5.41, 5.74) is 1.72. The SMILES string of the molecule is CCn1cc2c(n1)[C@H](C=O)C[C@@H]2C=O. The number of aldehydes is 2. The monoisotopic (exact) mass is 192 g/mol. The third-order valence-electron chi connectivity index (χ3n) is 2.73. The number of carbonyl (C=O) groups is 2. The lowest BCUT2D eigenvalue weighted by molar-refractivity contribution is -0.110. The van der Waals surface area contributed by atoms with Gasteiger partial charge in [0, 0.05) is 24.2 Å². The summed E-state index contributed by atoms with van der Waals surface area (Å²) in [6, 6.07) is 0. The van der Waals surface area contributed by atoms with E-state index < -0.39 is 0 Å². The summed E-state index contributed by atoms with van der Waals surface area (Å²) >= 11 is 0. The number of carbonyl (C=O) groups excluding carboxylic acids is 2. The van der Waals surface area contributed by atoms with Crippen molar-refractivity contribution in [3.8, 4) is 0 Å². The molecule has 0 aromatic carbocycles. The van der Waals surface area contributed by atoms with Gasteiger partial charge in [-0.1, -0.05) is 0 Å². The molecule has 74 valence electrons. The highest BCUT2D eigenvalue weighted by Crippen LogP contribution is 2.38. The van der Waals surface area contributed by atoms with E-state index in [-0.39, 0.29) is 11.8 Å². The summed E-state index contributed by atoms with van der Waals surface area (Å²) in [5, 5.41) is 4.29. The molecule has 0 amide bonds. The Labute approximate surface area is 81.9 Å². The first-order valence-corrected chi connectivity index (χ1v) is 4.78. The summed E-state index contributed by atoms with van der Waals surface area (Å²) in [6.07, 6.45) is 4.26. The molecule has 2 rings (SSSR count). The average molecular weight is 192 g/mol. The van der Waals surface area contributed by atoms with Crippen LogP contribution in [0.4, 0.5) is 0 Å². The summed E-state index contributed by atoms with van der Waals surface area (Å²) in [5.74, 6) is -0.325. The highest BCUT2D eigenvalue weighted by atomic mass is 16.1. The van der Waals surface area contributed by atoms with Crippen LogP contribution < -0.4 is 0 Å². The normalized spacial score (nSPS) is 24.6. The third kappa shape index (κ3) is 1.18. The molecule has 1 aliphatic carbocycles. The number of fused-ring (bicyclic) bond motifs is 1. The van der Waals surface area contributed by atoms with E-state index in [1.54, 1.807) is 4.68 Å². The highest BCUT2D eigenvalue weighted by Gasteiger charge is 2.33. The molecule has 1 heterocycles. The van der Waals surface area contributed by atoms with Gasteiger partial charge in [0.1, 0.15) is 12.6 Å². The fourth-order valence-electron chi connectivity index (χ4n) is 1.95. The highest BCUT2D eigenvalue weighted by molar-refractivity contribution is 5.72. The molecular weight excluding hydrogens is 180 g/mol. The maximum Gasteiger partial charge on any atom is 0.129 e. The first-order chi connectivity index (χ1) is 6.80. The van der Waals surface area contributed by atoms with E-state index in [0.717, 1.165) is 30.4 Å². The van der Waals surface area contributed by atoms with E-state index in [4.69, 9.17) is 0 Å². The molecule has 0 N–H and O–H groups in total. The van der Waals surface area contributed by atoms with Crippen LogP contribution in [-0.4, -0.2) is 22.4 Å². The Morgan fingerprint density at radius 3 is 2.79 bits per heavy atom. The molecule has 0 saturated carbocycles. The van der Waals surface area contributed by atoms with Crippen LogP contribution >= 0.6 is 0 Å². The van der Waals surface area contributed by atoms with Crippen LogP contribution in [0.3, 0.4) is 0 Å². The number of aromatic nitrogens is 2. The third-order valence-corrected chi connectivity index (χ3v) is 2.73. The predicted octanol–water partition coefficient (Wildman–Crippen LogP) is 0.872. The van der Waals surface area contributed by atoms with Gasteiger partial charge < -0.3 is 9.59 Å². The van der Waals surface area contributed by atoms with Gasteiger partial charge in [-0.25, -0.2) is 0 Å². The molecule has 14 heavy (non-hydrogen) atoms. The minimum absolute atomic E-state index is 0.138. The second-order valence-corrected chi connectivity index (χ2v) is 3.55. The summed E-state index contributed by atoms with van der Waals surface area (Å²) in [6.45, 7) is 2.75. The van der Waals surface area contributed by atoms with Crippen LogP contribution in [0.25, 0.3) is 0 Å². The van der Waals surface area contributed by atoms with Crippen molar-refractivity contribution in [2.45, 2.75) is 31.7 Å². The second-order valence-electron chi connectivity index (χ2n) is 3.55. The van der Waals surface area contributed by atoms with E-state index in [1.165, 1.54) is 0 Å². The number of nitrogens with zero attached hydrogens (tertiary/aromatic N) is 2. The van der Waals surface area contributed by atoms with Crippen LogP contribution in [0.15, 0.2) is 6.20 Å². The summed E-state index contributed by atoms with van der Waals surface area (Å²) in [7, 11) is 0. The maximum absolute atomic E-state index is 10.8. The fraction of sp³-hybridized carbons (Fsp3) is 0.500. The van der Waals surface area contributed by atoms with Gasteiger partial charge in [-0.2, -0.15) is 5.10 Å². The minimum atomic E-state index is -0.187. The van der Waals surface area contributed by atoms with E-state index in [0.29, 0.717) is 6.42 Å². The van der Waals surface area contributed by atoms with Crippen molar-refractivity contribution < 1.29 is 9.59 Å². The van der Waals surface area contributed by atoms with Crippen molar-refractivity contribution >= 4 is 12.6 Å². The molecule has 0 radical (unpaired) electrons.